The molecular formula is C15H19N3O2S2. The van der Waals surface area contributed by atoms with Crippen molar-refractivity contribution < 1.29 is 8.42 Å². The number of benzene rings is 1. The van der Waals surface area contributed by atoms with Crippen molar-refractivity contribution >= 4 is 26.5 Å². The van der Waals surface area contributed by atoms with Crippen LogP contribution >= 0.6 is 11.3 Å². The Hall–Kier alpha value is -1.44. The summed E-state index contributed by atoms with van der Waals surface area (Å²) in [6, 6.07) is 10.2. The van der Waals surface area contributed by atoms with E-state index in [1.165, 1.54) is 0 Å². The van der Waals surface area contributed by atoms with Crippen LogP contribution in [0.3, 0.4) is 0 Å². The van der Waals surface area contributed by atoms with E-state index in [1.807, 2.05) is 24.4 Å². The van der Waals surface area contributed by atoms with E-state index in [9.17, 15) is 8.42 Å². The average Bonchev–Trinajstić information content (AvgIpc) is 2.95. The fraction of sp³-hybridized carbons (Fsp3) is 0.400. The molecule has 0 spiro atoms. The first-order chi connectivity index (χ1) is 10.6. The Kier molecular flexibility index (Phi) is 4.46. The van der Waals surface area contributed by atoms with Gasteiger partial charge in [-0.1, -0.05) is 41.7 Å². The highest BCUT2D eigenvalue weighted by molar-refractivity contribution is 7.89. The molecule has 3 rings (SSSR count). The van der Waals surface area contributed by atoms with Gasteiger partial charge in [-0.15, -0.1) is 0 Å². The van der Waals surface area contributed by atoms with E-state index in [0.29, 0.717) is 19.0 Å². The molecule has 1 N–H and O–H groups in total. The van der Waals surface area contributed by atoms with E-state index in [1.54, 1.807) is 22.6 Å². The number of nitrogens with one attached hydrogen (secondary N) is 1. The van der Waals surface area contributed by atoms with Gasteiger partial charge in [-0.3, -0.25) is 0 Å². The molecule has 0 bridgehead atoms. The second kappa shape index (κ2) is 6.36. The Balaban J connectivity index is 1.51. The minimum atomic E-state index is -3.02. The maximum atomic E-state index is 11.7. The molecule has 1 fully saturated rings. The van der Waals surface area contributed by atoms with E-state index in [4.69, 9.17) is 0 Å². The van der Waals surface area contributed by atoms with Crippen molar-refractivity contribution in [1.82, 2.24) is 9.29 Å². The van der Waals surface area contributed by atoms with E-state index < -0.39 is 10.0 Å². The molecule has 0 saturated carbocycles. The summed E-state index contributed by atoms with van der Waals surface area (Å²) in [6.45, 7) is 3.67. The second-order valence-electron chi connectivity index (χ2n) is 5.36. The van der Waals surface area contributed by atoms with Crippen LogP contribution in [0.25, 0.3) is 10.4 Å². The Bertz CT molecular complexity index is 722. The number of aromatic nitrogens is 1. The maximum absolute atomic E-state index is 11.7. The SMILES string of the molecule is CCS(=O)(=O)N1CC(CNc2ncc(-c3ccccc3)s2)C1. The molecule has 7 heteroatoms. The minimum absolute atomic E-state index is 0.181. The summed E-state index contributed by atoms with van der Waals surface area (Å²) >= 11 is 1.62. The predicted octanol–water partition coefficient (Wildman–Crippen LogP) is 2.50. The highest BCUT2D eigenvalue weighted by atomic mass is 32.2. The van der Waals surface area contributed by atoms with Crippen molar-refractivity contribution in [1.29, 1.82) is 0 Å². The molecule has 1 aliphatic heterocycles. The Morgan fingerprint density at radius 1 is 1.32 bits per heavy atom. The zero-order chi connectivity index (χ0) is 15.6. The molecule has 1 aromatic carbocycles. The Morgan fingerprint density at radius 3 is 2.73 bits per heavy atom. The molecule has 5 nitrogen and oxygen atoms in total. The Morgan fingerprint density at radius 2 is 2.05 bits per heavy atom. The van der Waals surface area contributed by atoms with Crippen LogP contribution in [0.2, 0.25) is 0 Å². The lowest BCUT2D eigenvalue weighted by Crippen LogP contribution is -2.52. The van der Waals surface area contributed by atoms with Crippen LogP contribution in [0.1, 0.15) is 6.92 Å². The highest BCUT2D eigenvalue weighted by Gasteiger charge is 2.34. The van der Waals surface area contributed by atoms with Gasteiger partial charge in [0.25, 0.3) is 0 Å². The first kappa shape index (κ1) is 15.5. The third-order valence-electron chi connectivity index (χ3n) is 3.79. The van der Waals surface area contributed by atoms with Crippen LogP contribution in [0, 0.1) is 5.92 Å². The molecule has 1 aromatic heterocycles. The van der Waals surface area contributed by atoms with Gasteiger partial charge in [0.15, 0.2) is 5.13 Å². The molecule has 0 radical (unpaired) electrons. The van der Waals surface area contributed by atoms with Gasteiger partial charge in [-0.2, -0.15) is 0 Å². The quantitative estimate of drug-likeness (QED) is 0.880. The summed E-state index contributed by atoms with van der Waals surface area (Å²) in [6.07, 6.45) is 1.87. The fourth-order valence-electron chi connectivity index (χ4n) is 2.38. The summed E-state index contributed by atoms with van der Waals surface area (Å²) in [7, 11) is -3.02. The normalized spacial score (nSPS) is 16.4. The lowest BCUT2D eigenvalue weighted by atomic mass is 10.0. The average molecular weight is 337 g/mol. The highest BCUT2D eigenvalue weighted by Crippen LogP contribution is 2.29. The first-order valence-corrected chi connectivity index (χ1v) is 9.74. The molecule has 0 aliphatic carbocycles. The molecule has 0 amide bonds. The molecule has 22 heavy (non-hydrogen) atoms. The lowest BCUT2D eigenvalue weighted by Gasteiger charge is -2.37. The molecule has 1 aliphatic rings. The van der Waals surface area contributed by atoms with Crippen molar-refractivity contribution in [2.45, 2.75) is 6.92 Å². The van der Waals surface area contributed by atoms with Crippen molar-refractivity contribution in [2.75, 3.05) is 30.7 Å². The zero-order valence-corrected chi connectivity index (χ0v) is 14.0. The van der Waals surface area contributed by atoms with Crippen molar-refractivity contribution in [2.24, 2.45) is 5.92 Å². The molecule has 2 aromatic rings. The number of sulfonamides is 1. The van der Waals surface area contributed by atoms with E-state index in [2.05, 4.69) is 22.4 Å². The van der Waals surface area contributed by atoms with Gasteiger partial charge in [-0.25, -0.2) is 17.7 Å². The van der Waals surface area contributed by atoms with Crippen molar-refractivity contribution in [3.63, 3.8) is 0 Å². The minimum Gasteiger partial charge on any atom is -0.361 e. The van der Waals surface area contributed by atoms with Crippen LogP contribution in [-0.4, -0.2) is 43.1 Å². The fourth-order valence-corrected chi connectivity index (χ4v) is 4.45. The number of hydrogen-bond donors (Lipinski definition) is 1. The van der Waals surface area contributed by atoms with Gasteiger partial charge in [0, 0.05) is 31.7 Å². The van der Waals surface area contributed by atoms with Gasteiger partial charge in [0.2, 0.25) is 10.0 Å². The maximum Gasteiger partial charge on any atom is 0.213 e. The second-order valence-corrected chi connectivity index (χ2v) is 8.65. The van der Waals surface area contributed by atoms with E-state index in [0.717, 1.165) is 22.1 Å². The third-order valence-corrected chi connectivity index (χ3v) is 6.61. The van der Waals surface area contributed by atoms with Crippen LogP contribution in [-0.2, 0) is 10.0 Å². The topological polar surface area (TPSA) is 62.3 Å². The number of anilines is 1. The predicted molar refractivity (Wildman–Crippen MR) is 90.6 cm³/mol. The zero-order valence-electron chi connectivity index (χ0n) is 12.4. The molecule has 1 saturated heterocycles. The molecule has 0 unspecified atom stereocenters. The number of nitrogens with zero attached hydrogens (tertiary/aromatic N) is 2. The van der Waals surface area contributed by atoms with Crippen molar-refractivity contribution in [3.05, 3.63) is 36.5 Å². The summed E-state index contributed by atoms with van der Waals surface area (Å²) in [5.41, 5.74) is 1.16. The van der Waals surface area contributed by atoms with Crippen LogP contribution in [0.5, 0.6) is 0 Å². The summed E-state index contributed by atoms with van der Waals surface area (Å²) in [5.74, 6) is 0.547. The number of rotatable bonds is 6. The van der Waals surface area contributed by atoms with Crippen LogP contribution < -0.4 is 5.32 Å². The molecular weight excluding hydrogens is 318 g/mol. The van der Waals surface area contributed by atoms with Gasteiger partial charge in [-0.05, 0) is 12.5 Å². The molecule has 118 valence electrons. The van der Waals surface area contributed by atoms with E-state index in [-0.39, 0.29) is 5.75 Å². The van der Waals surface area contributed by atoms with Crippen LogP contribution in [0.4, 0.5) is 5.13 Å². The van der Waals surface area contributed by atoms with E-state index >= 15 is 0 Å². The largest absolute Gasteiger partial charge is 0.361 e. The van der Waals surface area contributed by atoms with Gasteiger partial charge in [0.1, 0.15) is 0 Å². The number of hydrogen-bond acceptors (Lipinski definition) is 5. The lowest BCUT2D eigenvalue weighted by molar-refractivity contribution is 0.212. The van der Waals surface area contributed by atoms with Crippen molar-refractivity contribution in [3.8, 4) is 10.4 Å². The standard InChI is InChI=1S/C15H19N3O2S2/c1-2-22(19,20)18-10-12(11-18)8-16-15-17-9-14(21-15)13-6-4-3-5-7-13/h3-7,9,12H,2,8,10-11H2,1H3,(H,16,17). The molecule has 0 atom stereocenters. The third kappa shape index (κ3) is 3.31. The number of thiazole rings is 1. The first-order valence-electron chi connectivity index (χ1n) is 7.31. The van der Waals surface area contributed by atoms with Crippen LogP contribution in [0.15, 0.2) is 36.5 Å². The van der Waals surface area contributed by atoms with Gasteiger partial charge in [0.05, 0.1) is 10.6 Å². The van der Waals surface area contributed by atoms with Gasteiger partial charge < -0.3 is 5.32 Å². The Labute approximate surface area is 135 Å². The monoisotopic (exact) mass is 337 g/mol. The smallest absolute Gasteiger partial charge is 0.213 e. The summed E-state index contributed by atoms with van der Waals surface area (Å²) < 4.78 is 24.9. The summed E-state index contributed by atoms with van der Waals surface area (Å²) in [4.78, 5) is 5.51. The summed E-state index contributed by atoms with van der Waals surface area (Å²) in [5, 5.41) is 4.20. The van der Waals surface area contributed by atoms with Gasteiger partial charge >= 0.3 is 0 Å². The molecule has 2 heterocycles.